The van der Waals surface area contributed by atoms with Gasteiger partial charge in [0.2, 0.25) is 5.78 Å². The number of carbonyl (C=O) groups is 1. The van der Waals surface area contributed by atoms with E-state index in [1.807, 2.05) is 0 Å². The van der Waals surface area contributed by atoms with Crippen LogP contribution in [0.1, 0.15) is 9.67 Å². The SMILES string of the molecule is O=C(c1scc(Br)c1Br)C(F)(F)C(F)F. The molecule has 0 aromatic carbocycles. The minimum atomic E-state index is -4.65. The van der Waals surface area contributed by atoms with Gasteiger partial charge >= 0.3 is 12.3 Å². The fraction of sp³-hybridized carbons (Fsp3) is 0.286. The zero-order chi connectivity index (χ0) is 11.8. The van der Waals surface area contributed by atoms with Gasteiger partial charge < -0.3 is 0 Å². The Morgan fingerprint density at radius 1 is 1.40 bits per heavy atom. The van der Waals surface area contributed by atoms with Crippen molar-refractivity contribution in [1.82, 2.24) is 0 Å². The minimum absolute atomic E-state index is 0.0674. The second-order valence-electron chi connectivity index (χ2n) is 2.48. The first-order valence-electron chi connectivity index (χ1n) is 3.41. The molecule has 0 radical (unpaired) electrons. The monoisotopic (exact) mass is 368 g/mol. The summed E-state index contributed by atoms with van der Waals surface area (Å²) in [5.41, 5.74) is 0. The highest BCUT2D eigenvalue weighted by Crippen LogP contribution is 2.37. The van der Waals surface area contributed by atoms with E-state index in [4.69, 9.17) is 0 Å². The number of rotatable bonds is 3. The Balaban J connectivity index is 3.10. The number of hydrogen-bond acceptors (Lipinski definition) is 2. The van der Waals surface area contributed by atoms with Crippen LogP contribution in [0.5, 0.6) is 0 Å². The molecule has 0 N–H and O–H groups in total. The molecule has 0 fully saturated rings. The van der Waals surface area contributed by atoms with Crippen LogP contribution in [0.4, 0.5) is 17.6 Å². The molecule has 1 aromatic heterocycles. The molecule has 15 heavy (non-hydrogen) atoms. The fourth-order valence-corrected chi connectivity index (χ4v) is 2.86. The van der Waals surface area contributed by atoms with Crippen molar-refractivity contribution in [3.8, 4) is 0 Å². The molecule has 0 amide bonds. The van der Waals surface area contributed by atoms with E-state index in [0.717, 1.165) is 0 Å². The molecule has 0 aliphatic carbocycles. The van der Waals surface area contributed by atoms with Crippen molar-refractivity contribution in [3.63, 3.8) is 0 Å². The van der Waals surface area contributed by atoms with Crippen molar-refractivity contribution in [2.45, 2.75) is 12.3 Å². The summed E-state index contributed by atoms with van der Waals surface area (Å²) in [6, 6.07) is 0. The third-order valence-electron chi connectivity index (χ3n) is 1.47. The largest absolute Gasteiger partial charge is 0.369 e. The Morgan fingerprint density at radius 2 is 1.93 bits per heavy atom. The van der Waals surface area contributed by atoms with E-state index in [1.54, 1.807) is 0 Å². The third-order valence-corrected chi connectivity index (χ3v) is 5.00. The van der Waals surface area contributed by atoms with Crippen LogP contribution in [0.3, 0.4) is 0 Å². The topological polar surface area (TPSA) is 17.1 Å². The molecule has 1 aromatic rings. The van der Waals surface area contributed by atoms with Gasteiger partial charge in [0.1, 0.15) is 0 Å². The molecule has 84 valence electrons. The van der Waals surface area contributed by atoms with Gasteiger partial charge in [-0.15, -0.1) is 11.3 Å². The molecule has 0 aliphatic rings. The van der Waals surface area contributed by atoms with Gasteiger partial charge in [0.05, 0.1) is 9.35 Å². The predicted molar refractivity (Wildman–Crippen MR) is 55.0 cm³/mol. The number of alkyl halides is 4. The Bertz CT molecular complexity index is 390. The first-order valence-corrected chi connectivity index (χ1v) is 5.88. The van der Waals surface area contributed by atoms with Gasteiger partial charge in [-0.3, -0.25) is 4.79 Å². The molecule has 8 heteroatoms. The predicted octanol–water partition coefficient (Wildman–Crippen LogP) is 4.36. The molecular formula is C7H2Br2F4OS. The average Bonchev–Trinajstić information content (AvgIpc) is 2.46. The maximum Gasteiger partial charge on any atom is 0.369 e. The second kappa shape index (κ2) is 4.50. The van der Waals surface area contributed by atoms with Crippen LogP contribution in [0.2, 0.25) is 0 Å². The first kappa shape index (κ1) is 13.1. The lowest BCUT2D eigenvalue weighted by molar-refractivity contribution is -0.0956. The van der Waals surface area contributed by atoms with Gasteiger partial charge in [-0.2, -0.15) is 8.78 Å². The van der Waals surface area contributed by atoms with Gasteiger partial charge in [-0.25, -0.2) is 8.78 Å². The lowest BCUT2D eigenvalue weighted by atomic mass is 10.2. The molecule has 0 saturated heterocycles. The zero-order valence-electron chi connectivity index (χ0n) is 6.74. The van der Waals surface area contributed by atoms with Crippen molar-refractivity contribution < 1.29 is 22.4 Å². The summed E-state index contributed by atoms with van der Waals surface area (Å²) < 4.78 is 49.6. The average molecular weight is 370 g/mol. The van der Waals surface area contributed by atoms with Crippen LogP contribution in [0.15, 0.2) is 14.3 Å². The summed E-state index contributed by atoms with van der Waals surface area (Å²) in [4.78, 5) is 10.6. The molecule has 0 saturated carbocycles. The van der Waals surface area contributed by atoms with E-state index in [-0.39, 0.29) is 4.47 Å². The van der Waals surface area contributed by atoms with Gasteiger partial charge in [0, 0.05) is 9.85 Å². The number of ketones is 1. The lowest BCUT2D eigenvalue weighted by Gasteiger charge is -2.12. The second-order valence-corrected chi connectivity index (χ2v) is 5.01. The molecular weight excluding hydrogens is 368 g/mol. The molecule has 0 atom stereocenters. The number of carbonyl (C=O) groups excluding carboxylic acids is 1. The molecule has 0 aliphatic heterocycles. The van der Waals surface area contributed by atoms with E-state index >= 15 is 0 Å². The quantitative estimate of drug-likeness (QED) is 0.571. The van der Waals surface area contributed by atoms with Crippen LogP contribution < -0.4 is 0 Å². The van der Waals surface area contributed by atoms with Crippen LogP contribution in [0, 0.1) is 0 Å². The standard InChI is InChI=1S/C7H2Br2F4OS/c8-2-1-15-4(3(2)9)5(14)7(12,13)6(10)11/h1,6H. The Morgan fingerprint density at radius 3 is 2.27 bits per heavy atom. The van der Waals surface area contributed by atoms with E-state index in [1.165, 1.54) is 5.38 Å². The summed E-state index contributed by atoms with van der Waals surface area (Å²) >= 11 is 6.50. The van der Waals surface area contributed by atoms with Crippen LogP contribution >= 0.6 is 43.2 Å². The van der Waals surface area contributed by atoms with Crippen LogP contribution in [-0.2, 0) is 0 Å². The number of Topliss-reactive ketones (excluding diaryl/α,β-unsaturated/α-hetero) is 1. The maximum absolute atomic E-state index is 12.7. The number of hydrogen-bond donors (Lipinski definition) is 0. The van der Waals surface area contributed by atoms with E-state index in [9.17, 15) is 22.4 Å². The maximum atomic E-state index is 12.7. The third kappa shape index (κ3) is 2.42. The van der Waals surface area contributed by atoms with Crippen molar-refractivity contribution in [2.75, 3.05) is 0 Å². The van der Waals surface area contributed by atoms with Gasteiger partial charge in [-0.05, 0) is 31.9 Å². The van der Waals surface area contributed by atoms with Crippen molar-refractivity contribution in [2.24, 2.45) is 0 Å². The van der Waals surface area contributed by atoms with Crippen LogP contribution in [0.25, 0.3) is 0 Å². The highest BCUT2D eigenvalue weighted by molar-refractivity contribution is 9.13. The lowest BCUT2D eigenvalue weighted by Crippen LogP contribution is -2.36. The Hall–Kier alpha value is 0.0500. The van der Waals surface area contributed by atoms with Gasteiger partial charge in [0.25, 0.3) is 0 Å². The van der Waals surface area contributed by atoms with E-state index in [0.29, 0.717) is 15.8 Å². The van der Waals surface area contributed by atoms with E-state index in [2.05, 4.69) is 31.9 Å². The molecule has 0 bridgehead atoms. The minimum Gasteiger partial charge on any atom is -0.286 e. The van der Waals surface area contributed by atoms with Gasteiger partial charge in [0.15, 0.2) is 0 Å². The fourth-order valence-electron chi connectivity index (χ4n) is 0.726. The highest BCUT2D eigenvalue weighted by atomic mass is 79.9. The summed E-state index contributed by atoms with van der Waals surface area (Å²) in [5.74, 6) is -6.52. The van der Waals surface area contributed by atoms with E-state index < -0.39 is 23.0 Å². The molecule has 1 heterocycles. The zero-order valence-corrected chi connectivity index (χ0v) is 10.7. The number of halogens is 6. The Labute approximate surface area is 103 Å². The van der Waals surface area contributed by atoms with Crippen molar-refractivity contribution in [3.05, 3.63) is 19.2 Å². The normalized spacial score (nSPS) is 12.2. The summed E-state index contributed by atoms with van der Waals surface area (Å²) in [7, 11) is 0. The van der Waals surface area contributed by atoms with Gasteiger partial charge in [-0.1, -0.05) is 0 Å². The Kier molecular flexibility index (Phi) is 3.94. The summed E-state index contributed by atoms with van der Waals surface area (Å²) in [6.45, 7) is 0. The molecule has 1 rings (SSSR count). The summed E-state index contributed by atoms with van der Waals surface area (Å²) in [6.07, 6.45) is -4.00. The number of thiophene rings is 1. The molecule has 0 unspecified atom stereocenters. The molecule has 1 nitrogen and oxygen atoms in total. The van der Waals surface area contributed by atoms with Crippen LogP contribution in [-0.4, -0.2) is 18.1 Å². The highest BCUT2D eigenvalue weighted by Gasteiger charge is 2.50. The smallest absolute Gasteiger partial charge is 0.286 e. The molecule has 0 spiro atoms. The van der Waals surface area contributed by atoms with Crippen molar-refractivity contribution in [1.29, 1.82) is 0 Å². The first-order chi connectivity index (χ1) is 6.78. The van der Waals surface area contributed by atoms with Crippen molar-refractivity contribution >= 4 is 49.0 Å². The summed E-state index contributed by atoms with van der Waals surface area (Å²) in [5, 5.41) is 1.36.